The number of hydrogen-bond donors (Lipinski definition) is 0. The van der Waals surface area contributed by atoms with Crippen molar-refractivity contribution >= 4 is 23.5 Å². The zero-order valence-corrected chi connectivity index (χ0v) is 21.5. The van der Waals surface area contributed by atoms with Gasteiger partial charge < -0.3 is 14.2 Å². The number of ether oxygens (including phenoxy) is 3. The van der Waals surface area contributed by atoms with Gasteiger partial charge in [-0.25, -0.2) is 9.59 Å². The normalized spacial score (nSPS) is 10.4. The highest BCUT2D eigenvalue weighted by atomic mass is 16.6. The van der Waals surface area contributed by atoms with Gasteiger partial charge in [-0.1, -0.05) is 71.7 Å². The van der Waals surface area contributed by atoms with Crippen LogP contribution in [0.5, 0.6) is 5.75 Å². The van der Waals surface area contributed by atoms with E-state index in [1.165, 1.54) is 0 Å². The van der Waals surface area contributed by atoms with Crippen LogP contribution >= 0.6 is 0 Å². The zero-order chi connectivity index (χ0) is 27.4. The molecule has 0 aliphatic heterocycles. The lowest BCUT2D eigenvalue weighted by Crippen LogP contribution is -2.36. The van der Waals surface area contributed by atoms with Crippen molar-refractivity contribution in [1.29, 1.82) is 0 Å². The van der Waals surface area contributed by atoms with Gasteiger partial charge >= 0.3 is 11.9 Å². The lowest BCUT2D eigenvalue weighted by Gasteiger charge is -2.22. The molecule has 0 atom stereocenters. The molecule has 2 rings (SSSR count). The Morgan fingerprint density at radius 2 is 1.24 bits per heavy atom. The van der Waals surface area contributed by atoms with E-state index in [0.717, 1.165) is 12.2 Å². The molecule has 37 heavy (non-hydrogen) atoms. The van der Waals surface area contributed by atoms with Gasteiger partial charge in [0, 0.05) is 28.7 Å². The fraction of sp³-hybridized carbons (Fsp3) is 0.333. The van der Waals surface area contributed by atoms with Crippen molar-refractivity contribution in [3.05, 3.63) is 91.0 Å². The van der Waals surface area contributed by atoms with E-state index in [0.29, 0.717) is 16.9 Å². The molecular weight excluding hydrogens is 472 g/mol. The van der Waals surface area contributed by atoms with Gasteiger partial charge in [-0.15, -0.1) is 0 Å². The Hall–Kier alpha value is -4.00. The number of carbonyl (C=O) groups excluding carboxylic acids is 4. The molecule has 0 bridgehead atoms. The predicted octanol–water partition coefficient (Wildman–Crippen LogP) is 6.04. The minimum atomic E-state index is -1.17. The van der Waals surface area contributed by atoms with Gasteiger partial charge in [0.25, 0.3) is 0 Å². The molecule has 0 saturated heterocycles. The summed E-state index contributed by atoms with van der Waals surface area (Å²) >= 11 is 0. The maximum Gasteiger partial charge on any atom is 0.331 e. The van der Waals surface area contributed by atoms with Crippen LogP contribution in [0.15, 0.2) is 79.9 Å². The predicted molar refractivity (Wildman–Crippen MR) is 145 cm³/mol. The number of benzene rings is 2. The minimum absolute atomic E-state index is 0. The molecule has 0 heterocycles. The van der Waals surface area contributed by atoms with Crippen molar-refractivity contribution in [2.45, 2.75) is 47.6 Å². The van der Waals surface area contributed by atoms with Crippen molar-refractivity contribution in [2.24, 2.45) is 5.41 Å². The SMILES string of the molecule is C.C=CC(=O)OC(C)(C)C(=O)c1ccccc1.C=CC(=O)OCCOc1ccc(C(=O)C(C)(C)C)cc1. The number of carbonyl (C=O) groups is 4. The molecular formula is C30H38O7. The molecule has 0 aromatic heterocycles. The van der Waals surface area contributed by atoms with E-state index in [2.05, 4.69) is 13.2 Å². The minimum Gasteiger partial charge on any atom is -0.490 e. The summed E-state index contributed by atoms with van der Waals surface area (Å²) in [6.07, 6.45) is 2.15. The second kappa shape index (κ2) is 15.2. The van der Waals surface area contributed by atoms with E-state index in [1.54, 1.807) is 62.4 Å². The van der Waals surface area contributed by atoms with Crippen LogP contribution in [0.2, 0.25) is 0 Å². The van der Waals surface area contributed by atoms with Crippen LogP contribution in [0.25, 0.3) is 0 Å². The second-order valence-electron chi connectivity index (χ2n) is 9.15. The van der Waals surface area contributed by atoms with Crippen molar-refractivity contribution in [3.8, 4) is 5.75 Å². The third-order valence-electron chi connectivity index (χ3n) is 4.67. The topological polar surface area (TPSA) is 96.0 Å². The molecule has 0 aliphatic carbocycles. The molecule has 0 amide bonds. The van der Waals surface area contributed by atoms with Gasteiger partial charge in [-0.05, 0) is 38.1 Å². The van der Waals surface area contributed by atoms with Crippen molar-refractivity contribution in [3.63, 3.8) is 0 Å². The second-order valence-corrected chi connectivity index (χ2v) is 9.15. The molecule has 200 valence electrons. The number of hydrogen-bond acceptors (Lipinski definition) is 7. The van der Waals surface area contributed by atoms with Crippen LogP contribution in [0.1, 0.15) is 62.8 Å². The summed E-state index contributed by atoms with van der Waals surface area (Å²) in [5.41, 5.74) is -0.402. The molecule has 0 saturated carbocycles. The van der Waals surface area contributed by atoms with Crippen LogP contribution in [0.4, 0.5) is 0 Å². The summed E-state index contributed by atoms with van der Waals surface area (Å²) in [6.45, 7) is 15.8. The average molecular weight is 511 g/mol. The molecule has 7 heteroatoms. The maximum atomic E-state index is 12.0. The summed E-state index contributed by atoms with van der Waals surface area (Å²) in [5.74, 6) is -0.591. The summed E-state index contributed by atoms with van der Waals surface area (Å²) < 4.78 is 15.2. The van der Waals surface area contributed by atoms with Crippen LogP contribution < -0.4 is 4.74 Å². The van der Waals surface area contributed by atoms with E-state index in [4.69, 9.17) is 14.2 Å². The monoisotopic (exact) mass is 510 g/mol. The lowest BCUT2D eigenvalue weighted by atomic mass is 9.86. The average Bonchev–Trinajstić information content (AvgIpc) is 2.85. The fourth-order valence-corrected chi connectivity index (χ4v) is 2.77. The molecule has 0 spiro atoms. The summed E-state index contributed by atoms with van der Waals surface area (Å²) in [5, 5.41) is 0. The van der Waals surface area contributed by atoms with Crippen molar-refractivity contribution in [1.82, 2.24) is 0 Å². The first kappa shape index (κ1) is 33.0. The Bertz CT molecular complexity index is 1060. The summed E-state index contributed by atoms with van der Waals surface area (Å²) in [4.78, 5) is 45.9. The molecule has 0 N–H and O–H groups in total. The van der Waals surface area contributed by atoms with Gasteiger partial charge in [0.05, 0.1) is 0 Å². The Morgan fingerprint density at radius 1 is 0.730 bits per heavy atom. The maximum absolute atomic E-state index is 12.0. The number of ketones is 2. The van der Waals surface area contributed by atoms with Gasteiger partial charge in [-0.2, -0.15) is 0 Å². The Labute approximate surface area is 220 Å². The van der Waals surface area contributed by atoms with Crippen LogP contribution in [0, 0.1) is 5.41 Å². The quantitative estimate of drug-likeness (QED) is 0.166. The summed E-state index contributed by atoms with van der Waals surface area (Å²) in [6, 6.07) is 15.6. The molecule has 2 aromatic rings. The third kappa shape index (κ3) is 11.5. The first-order valence-corrected chi connectivity index (χ1v) is 11.3. The first-order chi connectivity index (χ1) is 16.8. The van der Waals surface area contributed by atoms with Crippen LogP contribution in [-0.2, 0) is 19.1 Å². The van der Waals surface area contributed by atoms with Gasteiger partial charge in [-0.3, -0.25) is 9.59 Å². The Balaban J connectivity index is 0.000000698. The summed E-state index contributed by atoms with van der Waals surface area (Å²) in [7, 11) is 0. The largest absolute Gasteiger partial charge is 0.490 e. The molecule has 0 radical (unpaired) electrons. The third-order valence-corrected chi connectivity index (χ3v) is 4.67. The fourth-order valence-electron chi connectivity index (χ4n) is 2.77. The lowest BCUT2D eigenvalue weighted by molar-refractivity contribution is -0.146. The van der Waals surface area contributed by atoms with Crippen LogP contribution in [0.3, 0.4) is 0 Å². The first-order valence-electron chi connectivity index (χ1n) is 11.3. The van der Waals surface area contributed by atoms with E-state index in [1.807, 2.05) is 26.8 Å². The molecule has 7 nitrogen and oxygen atoms in total. The molecule has 0 fully saturated rings. The molecule has 0 unspecified atom stereocenters. The number of Topliss-reactive ketones (excluding diaryl/α,β-unsaturated/α-hetero) is 2. The highest BCUT2D eigenvalue weighted by Gasteiger charge is 2.32. The standard InChI is InChI=1S/C16H20O4.C13H14O3.CH4/c1-5-14(17)20-11-10-19-13-8-6-12(7-9-13)15(18)16(2,3)4;1-4-11(14)16-13(2,3)12(15)10-8-6-5-7-9-10;/h5-9H,1,10-11H2,2-4H3;4-9H,1H2,2-3H3;1H4. The number of rotatable bonds is 10. The highest BCUT2D eigenvalue weighted by Crippen LogP contribution is 2.22. The highest BCUT2D eigenvalue weighted by molar-refractivity contribution is 6.03. The van der Waals surface area contributed by atoms with E-state index in [9.17, 15) is 19.2 Å². The van der Waals surface area contributed by atoms with Crippen molar-refractivity contribution < 1.29 is 33.4 Å². The van der Waals surface area contributed by atoms with E-state index < -0.39 is 23.0 Å². The smallest absolute Gasteiger partial charge is 0.331 e. The van der Waals surface area contributed by atoms with Gasteiger partial charge in [0.15, 0.2) is 11.4 Å². The van der Waals surface area contributed by atoms with E-state index >= 15 is 0 Å². The van der Waals surface area contributed by atoms with Crippen LogP contribution in [-0.4, -0.2) is 42.3 Å². The number of esters is 2. The van der Waals surface area contributed by atoms with Crippen molar-refractivity contribution in [2.75, 3.05) is 13.2 Å². The van der Waals surface area contributed by atoms with E-state index in [-0.39, 0.29) is 32.2 Å². The van der Waals surface area contributed by atoms with Gasteiger partial charge in [0.2, 0.25) is 5.78 Å². The Morgan fingerprint density at radius 3 is 1.73 bits per heavy atom. The molecule has 2 aromatic carbocycles. The Kier molecular flexibility index (Phi) is 13.5. The zero-order valence-electron chi connectivity index (χ0n) is 21.5. The van der Waals surface area contributed by atoms with Gasteiger partial charge in [0.1, 0.15) is 19.0 Å². The molecule has 0 aliphatic rings.